The molecule has 27 heavy (non-hydrogen) atoms. The molecule has 0 radical (unpaired) electrons. The summed E-state index contributed by atoms with van der Waals surface area (Å²) in [5.41, 5.74) is 0.0498. The van der Waals surface area contributed by atoms with E-state index >= 15 is 0 Å². The van der Waals surface area contributed by atoms with Gasteiger partial charge in [0.05, 0.1) is 12.8 Å². The Balaban J connectivity index is 1.73. The van der Waals surface area contributed by atoms with Gasteiger partial charge in [-0.05, 0) is 36.6 Å². The van der Waals surface area contributed by atoms with Crippen LogP contribution in [0.15, 0.2) is 59.4 Å². The highest BCUT2D eigenvalue weighted by Gasteiger charge is 2.21. The monoisotopic (exact) mass is 366 g/mol. The Kier molecular flexibility index (Phi) is 5.21. The van der Waals surface area contributed by atoms with Crippen LogP contribution in [0.5, 0.6) is 5.75 Å². The summed E-state index contributed by atoms with van der Waals surface area (Å²) in [5, 5.41) is 3.72. The third-order valence-corrected chi connectivity index (χ3v) is 3.99. The highest BCUT2D eigenvalue weighted by molar-refractivity contribution is 5.98. The maximum atomic E-state index is 12.3. The van der Waals surface area contributed by atoms with E-state index in [1.807, 2.05) is 0 Å². The summed E-state index contributed by atoms with van der Waals surface area (Å²) in [5.74, 6) is -0.820. The smallest absolute Gasteiger partial charge is 0.355 e. The molecule has 0 bridgehead atoms. The molecule has 0 aliphatic carbocycles. The van der Waals surface area contributed by atoms with Crippen molar-refractivity contribution < 1.29 is 19.1 Å². The van der Waals surface area contributed by atoms with Crippen molar-refractivity contribution >= 4 is 28.3 Å². The Morgan fingerprint density at radius 1 is 1.07 bits per heavy atom. The van der Waals surface area contributed by atoms with Crippen molar-refractivity contribution in [3.8, 4) is 5.75 Å². The van der Waals surface area contributed by atoms with Gasteiger partial charge in [0.1, 0.15) is 11.4 Å². The van der Waals surface area contributed by atoms with Crippen molar-refractivity contribution in [3.05, 3.63) is 70.6 Å². The molecular weight excluding hydrogens is 348 g/mol. The number of hydrogen-bond acceptors (Lipinski definition) is 5. The van der Waals surface area contributed by atoms with Crippen LogP contribution in [0.2, 0.25) is 0 Å². The first-order chi connectivity index (χ1) is 13.0. The molecule has 7 nitrogen and oxygen atoms in total. The van der Waals surface area contributed by atoms with Gasteiger partial charge in [-0.2, -0.15) is 0 Å². The summed E-state index contributed by atoms with van der Waals surface area (Å²) < 4.78 is 10.4. The number of benzene rings is 2. The fraction of sp³-hybridized carbons (Fsp3) is 0.150. The largest absolute Gasteiger partial charge is 0.495 e. The molecule has 0 fully saturated rings. The second-order valence-corrected chi connectivity index (χ2v) is 5.84. The molecule has 0 saturated heterocycles. The number of para-hydroxylation sites is 2. The van der Waals surface area contributed by atoms with Gasteiger partial charge >= 0.3 is 5.97 Å². The van der Waals surface area contributed by atoms with Crippen molar-refractivity contribution in [2.75, 3.05) is 12.4 Å². The van der Waals surface area contributed by atoms with Crippen LogP contribution in [0.3, 0.4) is 0 Å². The van der Waals surface area contributed by atoms with E-state index in [0.717, 1.165) is 0 Å². The van der Waals surface area contributed by atoms with Crippen LogP contribution in [0.25, 0.3) is 10.8 Å². The molecular formula is C20H18N2O5. The second-order valence-electron chi connectivity index (χ2n) is 5.84. The number of amides is 1. The normalized spacial score (nSPS) is 11.6. The number of fused-ring (bicyclic) bond motifs is 1. The van der Waals surface area contributed by atoms with Crippen LogP contribution in [-0.2, 0) is 9.53 Å². The van der Waals surface area contributed by atoms with E-state index in [2.05, 4.69) is 10.3 Å². The molecule has 0 aliphatic heterocycles. The minimum absolute atomic E-state index is 0.0179. The first-order valence-electron chi connectivity index (χ1n) is 8.26. The van der Waals surface area contributed by atoms with Crippen molar-refractivity contribution in [2.45, 2.75) is 13.0 Å². The number of H-pyrrole nitrogens is 1. The van der Waals surface area contributed by atoms with Crippen LogP contribution >= 0.6 is 0 Å². The number of aromatic amines is 1. The van der Waals surface area contributed by atoms with Crippen LogP contribution in [0.4, 0.5) is 5.69 Å². The lowest BCUT2D eigenvalue weighted by Crippen LogP contribution is -2.30. The highest BCUT2D eigenvalue weighted by Crippen LogP contribution is 2.23. The van der Waals surface area contributed by atoms with Crippen molar-refractivity contribution in [1.82, 2.24) is 4.98 Å². The lowest BCUT2D eigenvalue weighted by molar-refractivity contribution is -0.123. The molecule has 2 aromatic carbocycles. The summed E-state index contributed by atoms with van der Waals surface area (Å²) in [4.78, 5) is 39.2. The van der Waals surface area contributed by atoms with Gasteiger partial charge in [0.25, 0.3) is 11.5 Å². The Bertz CT molecular complexity index is 1060. The number of pyridine rings is 1. The molecule has 3 aromatic rings. The zero-order valence-electron chi connectivity index (χ0n) is 14.8. The Labute approximate surface area is 154 Å². The third kappa shape index (κ3) is 3.98. The first kappa shape index (κ1) is 18.2. The molecule has 7 heteroatoms. The van der Waals surface area contributed by atoms with Crippen LogP contribution < -0.4 is 15.6 Å². The summed E-state index contributed by atoms with van der Waals surface area (Å²) in [6, 6.07) is 15.3. The van der Waals surface area contributed by atoms with Gasteiger partial charge in [-0.15, -0.1) is 0 Å². The average molecular weight is 366 g/mol. The van der Waals surface area contributed by atoms with Crippen molar-refractivity contribution in [3.63, 3.8) is 0 Å². The lowest BCUT2D eigenvalue weighted by Gasteiger charge is -2.15. The number of esters is 1. The van der Waals surface area contributed by atoms with Gasteiger partial charge in [0, 0.05) is 5.39 Å². The molecule has 1 heterocycles. The van der Waals surface area contributed by atoms with E-state index in [1.54, 1.807) is 48.5 Å². The molecule has 2 N–H and O–H groups in total. The predicted molar refractivity (Wildman–Crippen MR) is 101 cm³/mol. The number of ether oxygens (including phenoxy) is 2. The Hall–Kier alpha value is -3.61. The predicted octanol–water partition coefficient (Wildman–Crippen LogP) is 2.72. The SMILES string of the molecule is COc1ccccc1NC(=O)C(C)OC(=O)c1cc2ccccc2c(=O)[nH]1. The van der Waals surface area contributed by atoms with E-state index in [1.165, 1.54) is 20.1 Å². The van der Waals surface area contributed by atoms with Crippen LogP contribution in [0, 0.1) is 0 Å². The van der Waals surface area contributed by atoms with Gasteiger partial charge in [-0.1, -0.05) is 30.3 Å². The van der Waals surface area contributed by atoms with Gasteiger partial charge in [0.15, 0.2) is 6.10 Å². The average Bonchev–Trinajstić information content (AvgIpc) is 2.68. The van der Waals surface area contributed by atoms with E-state index < -0.39 is 23.5 Å². The van der Waals surface area contributed by atoms with E-state index in [0.29, 0.717) is 22.2 Å². The number of rotatable bonds is 5. The van der Waals surface area contributed by atoms with E-state index in [-0.39, 0.29) is 5.69 Å². The molecule has 3 rings (SSSR count). The molecule has 1 unspecified atom stereocenters. The van der Waals surface area contributed by atoms with Crippen molar-refractivity contribution in [2.24, 2.45) is 0 Å². The van der Waals surface area contributed by atoms with Gasteiger partial charge in [-0.25, -0.2) is 4.79 Å². The molecule has 0 saturated carbocycles. The van der Waals surface area contributed by atoms with Crippen LogP contribution in [0.1, 0.15) is 17.4 Å². The van der Waals surface area contributed by atoms with Gasteiger partial charge in [0.2, 0.25) is 0 Å². The molecule has 1 aromatic heterocycles. The lowest BCUT2D eigenvalue weighted by atomic mass is 10.1. The summed E-state index contributed by atoms with van der Waals surface area (Å²) >= 11 is 0. The number of carbonyl (C=O) groups excluding carboxylic acids is 2. The minimum Gasteiger partial charge on any atom is -0.495 e. The summed E-state index contributed by atoms with van der Waals surface area (Å²) in [7, 11) is 1.49. The maximum Gasteiger partial charge on any atom is 0.355 e. The van der Waals surface area contributed by atoms with Gasteiger partial charge < -0.3 is 19.8 Å². The van der Waals surface area contributed by atoms with E-state index in [9.17, 15) is 14.4 Å². The Morgan fingerprint density at radius 2 is 1.78 bits per heavy atom. The standard InChI is InChI=1S/C20H18N2O5/c1-12(18(23)21-15-9-5-6-10-17(15)26-2)27-20(25)16-11-13-7-3-4-8-14(13)19(24)22-16/h3-12H,1-2H3,(H,21,23)(H,22,24). The number of nitrogens with one attached hydrogen (secondary N) is 2. The quantitative estimate of drug-likeness (QED) is 0.677. The topological polar surface area (TPSA) is 97.5 Å². The molecule has 1 atom stereocenters. The van der Waals surface area contributed by atoms with Crippen LogP contribution in [-0.4, -0.2) is 30.1 Å². The summed E-state index contributed by atoms with van der Waals surface area (Å²) in [6.07, 6.45) is -1.07. The first-order valence-corrected chi connectivity index (χ1v) is 8.26. The van der Waals surface area contributed by atoms with Gasteiger partial charge in [-0.3, -0.25) is 9.59 Å². The minimum atomic E-state index is -1.07. The molecule has 138 valence electrons. The number of hydrogen-bond donors (Lipinski definition) is 2. The number of anilines is 1. The van der Waals surface area contributed by atoms with Crippen molar-refractivity contribution in [1.29, 1.82) is 0 Å². The van der Waals surface area contributed by atoms with E-state index in [4.69, 9.17) is 9.47 Å². The molecule has 0 aliphatic rings. The fourth-order valence-electron chi connectivity index (χ4n) is 2.58. The maximum absolute atomic E-state index is 12.3. The fourth-order valence-corrected chi connectivity index (χ4v) is 2.58. The second kappa shape index (κ2) is 7.74. The third-order valence-electron chi connectivity index (χ3n) is 3.99. The zero-order chi connectivity index (χ0) is 19.4. The molecule has 1 amide bonds. The highest BCUT2D eigenvalue weighted by atomic mass is 16.5. The summed E-state index contributed by atoms with van der Waals surface area (Å²) in [6.45, 7) is 1.45. The number of carbonyl (C=O) groups is 2. The number of methoxy groups -OCH3 is 1. The zero-order valence-corrected chi connectivity index (χ0v) is 14.8. The molecule has 0 spiro atoms. The number of aromatic nitrogens is 1. The Morgan fingerprint density at radius 3 is 2.56 bits per heavy atom.